The van der Waals surface area contributed by atoms with Gasteiger partial charge in [-0.25, -0.2) is 9.78 Å². The van der Waals surface area contributed by atoms with Gasteiger partial charge in [0.15, 0.2) is 0 Å². The molecule has 1 heterocycles. The summed E-state index contributed by atoms with van der Waals surface area (Å²) >= 11 is 1.70. The second-order valence-corrected chi connectivity index (χ2v) is 5.96. The Labute approximate surface area is 118 Å². The van der Waals surface area contributed by atoms with E-state index >= 15 is 0 Å². The van der Waals surface area contributed by atoms with Crippen LogP contribution in [0.15, 0.2) is 17.3 Å². The second-order valence-electron chi connectivity index (χ2n) is 4.68. The zero-order valence-corrected chi connectivity index (χ0v) is 12.0. The summed E-state index contributed by atoms with van der Waals surface area (Å²) in [5.41, 5.74) is 6.93. The van der Waals surface area contributed by atoms with Gasteiger partial charge in [0.1, 0.15) is 5.03 Å². The molecule has 2 N–H and O–H groups in total. The van der Waals surface area contributed by atoms with Crippen molar-refractivity contribution in [2.75, 3.05) is 12.3 Å². The monoisotopic (exact) mass is 280 g/mol. The summed E-state index contributed by atoms with van der Waals surface area (Å²) in [4.78, 5) is 16.1. The lowest BCUT2D eigenvalue weighted by atomic mass is 10.0. The highest BCUT2D eigenvalue weighted by Gasteiger charge is 2.19. The van der Waals surface area contributed by atoms with Crippen LogP contribution < -0.4 is 5.73 Å². The van der Waals surface area contributed by atoms with Crippen LogP contribution in [-0.4, -0.2) is 22.8 Å². The summed E-state index contributed by atoms with van der Waals surface area (Å²) < 4.78 is 5.00. The number of esters is 1. The van der Waals surface area contributed by atoms with Gasteiger partial charge in [0.25, 0.3) is 0 Å². The molecule has 0 aliphatic heterocycles. The number of nitrogens with two attached hydrogens (primary N) is 1. The number of hydrogen-bond acceptors (Lipinski definition) is 5. The molecule has 0 atom stereocenters. The molecule has 1 aromatic rings. The zero-order chi connectivity index (χ0) is 13.7. The number of anilines is 1. The molecule has 1 aromatic heterocycles. The molecule has 5 heteroatoms. The Balaban J connectivity index is 2.12. The van der Waals surface area contributed by atoms with Crippen molar-refractivity contribution in [3.8, 4) is 0 Å². The molecule has 104 valence electrons. The van der Waals surface area contributed by atoms with E-state index < -0.39 is 0 Å². The molecule has 1 aliphatic carbocycles. The van der Waals surface area contributed by atoms with E-state index in [9.17, 15) is 4.79 Å². The van der Waals surface area contributed by atoms with Crippen LogP contribution in [0, 0.1) is 0 Å². The van der Waals surface area contributed by atoms with Gasteiger partial charge in [0.05, 0.1) is 17.9 Å². The lowest BCUT2D eigenvalue weighted by Crippen LogP contribution is -2.12. The number of pyridine rings is 1. The lowest BCUT2D eigenvalue weighted by Gasteiger charge is -2.21. The summed E-state index contributed by atoms with van der Waals surface area (Å²) in [6.07, 6.45) is 7.91. The number of carbonyl (C=O) groups is 1. The average Bonchev–Trinajstić information content (AvgIpc) is 2.42. The third-order valence-corrected chi connectivity index (χ3v) is 4.63. The van der Waals surface area contributed by atoms with Gasteiger partial charge in [-0.2, -0.15) is 0 Å². The fourth-order valence-corrected chi connectivity index (χ4v) is 3.52. The van der Waals surface area contributed by atoms with Crippen molar-refractivity contribution >= 4 is 23.4 Å². The van der Waals surface area contributed by atoms with Gasteiger partial charge in [-0.15, -0.1) is 11.8 Å². The van der Waals surface area contributed by atoms with E-state index in [4.69, 9.17) is 10.5 Å². The van der Waals surface area contributed by atoms with E-state index in [2.05, 4.69) is 4.98 Å². The van der Waals surface area contributed by atoms with Crippen LogP contribution in [0.5, 0.6) is 0 Å². The number of ether oxygens (including phenoxy) is 1. The summed E-state index contributed by atoms with van der Waals surface area (Å²) in [5.74, 6) is -0.368. The summed E-state index contributed by atoms with van der Waals surface area (Å²) in [7, 11) is 0. The smallest absolute Gasteiger partial charge is 0.340 e. The minimum Gasteiger partial charge on any atom is -0.462 e. The van der Waals surface area contributed by atoms with Crippen molar-refractivity contribution < 1.29 is 9.53 Å². The van der Waals surface area contributed by atoms with Gasteiger partial charge in [0.2, 0.25) is 0 Å². The Bertz CT molecular complexity index is 445. The largest absolute Gasteiger partial charge is 0.462 e. The number of carbonyl (C=O) groups excluding carboxylic acids is 1. The summed E-state index contributed by atoms with van der Waals surface area (Å²) in [5, 5.41) is 1.33. The van der Waals surface area contributed by atoms with Gasteiger partial charge in [-0.05, 0) is 25.8 Å². The lowest BCUT2D eigenvalue weighted by molar-refractivity contribution is 0.0527. The number of thioether (sulfide) groups is 1. The second kappa shape index (κ2) is 6.80. The number of aromatic nitrogens is 1. The van der Waals surface area contributed by atoms with Gasteiger partial charge in [-0.1, -0.05) is 19.3 Å². The summed E-state index contributed by atoms with van der Waals surface area (Å²) in [6.45, 7) is 2.14. The van der Waals surface area contributed by atoms with Crippen molar-refractivity contribution in [3.63, 3.8) is 0 Å². The Morgan fingerprint density at radius 1 is 1.47 bits per heavy atom. The van der Waals surface area contributed by atoms with Crippen LogP contribution in [0.2, 0.25) is 0 Å². The van der Waals surface area contributed by atoms with E-state index in [-0.39, 0.29) is 5.97 Å². The Morgan fingerprint density at radius 2 is 2.21 bits per heavy atom. The van der Waals surface area contributed by atoms with Crippen molar-refractivity contribution in [1.82, 2.24) is 4.98 Å². The Morgan fingerprint density at radius 3 is 2.89 bits per heavy atom. The van der Waals surface area contributed by atoms with Crippen LogP contribution in [0.3, 0.4) is 0 Å². The first-order chi connectivity index (χ1) is 9.22. The molecule has 1 aliphatic rings. The SMILES string of the molecule is CCOC(=O)c1ccnc(SC2CCCCC2)c1N. The highest BCUT2D eigenvalue weighted by atomic mass is 32.2. The highest BCUT2D eigenvalue weighted by molar-refractivity contribution is 8.00. The van der Waals surface area contributed by atoms with E-state index in [0.29, 0.717) is 23.1 Å². The van der Waals surface area contributed by atoms with Gasteiger partial charge in [-0.3, -0.25) is 0 Å². The minimum absolute atomic E-state index is 0.353. The molecule has 4 nitrogen and oxygen atoms in total. The molecule has 19 heavy (non-hydrogen) atoms. The molecule has 0 amide bonds. The first-order valence-corrected chi connectivity index (χ1v) is 7.68. The number of nitrogens with zero attached hydrogens (tertiary/aromatic N) is 1. The predicted octanol–water partition coefficient (Wildman–Crippen LogP) is 3.27. The van der Waals surface area contributed by atoms with Gasteiger partial charge in [0, 0.05) is 11.4 Å². The molecule has 0 aromatic carbocycles. The maximum Gasteiger partial charge on any atom is 0.340 e. The van der Waals surface area contributed by atoms with Gasteiger partial charge >= 0.3 is 5.97 Å². The standard InChI is InChI=1S/C14H20N2O2S/c1-2-18-14(17)11-8-9-16-13(12(11)15)19-10-6-4-3-5-7-10/h8-10H,2-7,15H2,1H3. The first kappa shape index (κ1) is 14.2. The van der Waals surface area contributed by atoms with Crippen molar-refractivity contribution in [3.05, 3.63) is 17.8 Å². The third kappa shape index (κ3) is 3.62. The first-order valence-electron chi connectivity index (χ1n) is 6.80. The molecule has 0 spiro atoms. The minimum atomic E-state index is -0.368. The fraction of sp³-hybridized carbons (Fsp3) is 0.571. The van der Waals surface area contributed by atoms with E-state index in [1.54, 1.807) is 30.9 Å². The fourth-order valence-electron chi connectivity index (χ4n) is 2.28. The van der Waals surface area contributed by atoms with E-state index in [1.807, 2.05) is 0 Å². The van der Waals surface area contributed by atoms with Crippen LogP contribution in [-0.2, 0) is 4.74 Å². The van der Waals surface area contributed by atoms with Crippen molar-refractivity contribution in [1.29, 1.82) is 0 Å². The quantitative estimate of drug-likeness (QED) is 0.857. The van der Waals surface area contributed by atoms with E-state index in [1.165, 1.54) is 32.1 Å². The molecule has 1 saturated carbocycles. The molecule has 0 unspecified atom stereocenters. The van der Waals surface area contributed by atoms with Crippen LogP contribution in [0.25, 0.3) is 0 Å². The summed E-state index contributed by atoms with van der Waals surface area (Å²) in [6, 6.07) is 1.62. The maximum absolute atomic E-state index is 11.8. The normalized spacial score (nSPS) is 16.3. The number of hydrogen-bond donors (Lipinski definition) is 1. The Kier molecular flexibility index (Phi) is 5.07. The van der Waals surface area contributed by atoms with Crippen molar-refractivity contribution in [2.45, 2.75) is 49.3 Å². The van der Waals surface area contributed by atoms with Crippen LogP contribution >= 0.6 is 11.8 Å². The molecule has 0 radical (unpaired) electrons. The van der Waals surface area contributed by atoms with Gasteiger partial charge < -0.3 is 10.5 Å². The molecule has 0 bridgehead atoms. The van der Waals surface area contributed by atoms with Crippen LogP contribution in [0.4, 0.5) is 5.69 Å². The third-order valence-electron chi connectivity index (χ3n) is 3.28. The zero-order valence-electron chi connectivity index (χ0n) is 11.2. The molecular weight excluding hydrogens is 260 g/mol. The molecular formula is C14H20N2O2S. The van der Waals surface area contributed by atoms with E-state index in [0.717, 1.165) is 5.03 Å². The number of rotatable bonds is 4. The highest BCUT2D eigenvalue weighted by Crippen LogP contribution is 2.36. The maximum atomic E-state index is 11.8. The number of nitrogen functional groups attached to an aromatic ring is 1. The molecule has 0 saturated heterocycles. The molecule has 1 fully saturated rings. The topological polar surface area (TPSA) is 65.2 Å². The molecule has 2 rings (SSSR count). The van der Waals surface area contributed by atoms with Crippen molar-refractivity contribution in [2.24, 2.45) is 0 Å². The Hall–Kier alpha value is -1.23. The predicted molar refractivity (Wildman–Crippen MR) is 77.3 cm³/mol. The van der Waals surface area contributed by atoms with Crippen LogP contribution in [0.1, 0.15) is 49.4 Å². The average molecular weight is 280 g/mol.